The first-order chi connectivity index (χ1) is 15.9. The molecule has 6 nitrogen and oxygen atoms in total. The summed E-state index contributed by atoms with van der Waals surface area (Å²) in [5.41, 5.74) is 9.08. The quantitative estimate of drug-likeness (QED) is 0.437. The Morgan fingerprint density at radius 1 is 0.788 bits per heavy atom. The first-order valence-corrected chi connectivity index (χ1v) is 11.0. The highest BCUT2D eigenvalue weighted by atomic mass is 15.5. The average Bonchev–Trinajstić information content (AvgIpc) is 3.35. The topological polar surface area (TPSA) is 58.7 Å². The van der Waals surface area contributed by atoms with Crippen molar-refractivity contribution in [2.75, 3.05) is 19.0 Å². The monoisotopic (exact) mass is 434 g/mol. The molecule has 1 aromatic heterocycles. The summed E-state index contributed by atoms with van der Waals surface area (Å²) in [6, 6.07) is 22.6. The molecule has 3 aromatic carbocycles. The van der Waals surface area contributed by atoms with Crippen LogP contribution in [0.3, 0.4) is 0 Å². The molecular weight excluding hydrogens is 408 g/mol. The normalized spacial score (nSPS) is 13.8. The van der Waals surface area contributed by atoms with E-state index in [1.54, 1.807) is 0 Å². The van der Waals surface area contributed by atoms with Gasteiger partial charge in [0, 0.05) is 30.9 Å². The minimum absolute atomic E-state index is 0.653. The molecule has 2 heterocycles. The summed E-state index contributed by atoms with van der Waals surface area (Å²) in [6.07, 6.45) is 0. The number of anilines is 1. The largest absolute Gasteiger partial charge is 0.378 e. The third-order valence-corrected chi connectivity index (χ3v) is 5.83. The predicted octanol–water partition coefficient (Wildman–Crippen LogP) is 5.32. The van der Waals surface area contributed by atoms with E-state index in [0.717, 1.165) is 50.9 Å². The van der Waals surface area contributed by atoms with Crippen LogP contribution in [-0.2, 0) is 0 Å². The van der Waals surface area contributed by atoms with E-state index in [4.69, 9.17) is 10.1 Å². The molecule has 0 unspecified atom stereocenters. The van der Waals surface area contributed by atoms with Gasteiger partial charge in [-0.05, 0) is 56.2 Å². The van der Waals surface area contributed by atoms with E-state index in [1.165, 1.54) is 5.56 Å². The summed E-state index contributed by atoms with van der Waals surface area (Å²) < 4.78 is 1.83. The van der Waals surface area contributed by atoms with Gasteiger partial charge in [0.15, 0.2) is 5.82 Å². The first-order valence-electron chi connectivity index (χ1n) is 11.0. The highest BCUT2D eigenvalue weighted by Crippen LogP contribution is 2.31. The van der Waals surface area contributed by atoms with Gasteiger partial charge in [0.2, 0.25) is 5.82 Å². The van der Waals surface area contributed by atoms with Crippen molar-refractivity contribution in [2.24, 2.45) is 10.1 Å². The summed E-state index contributed by atoms with van der Waals surface area (Å²) in [7, 11) is 4.05. The number of aromatic nitrogens is 3. The number of aliphatic imine (C=N–C) groups is 1. The average molecular weight is 435 g/mol. The van der Waals surface area contributed by atoms with Gasteiger partial charge in [0.25, 0.3) is 0 Å². The number of nitrogens with zero attached hydrogens (tertiary/aromatic N) is 6. The maximum Gasteiger partial charge on any atom is 0.206 e. The van der Waals surface area contributed by atoms with Crippen molar-refractivity contribution in [3.05, 3.63) is 94.8 Å². The Hall–Kier alpha value is -4.06. The number of aryl methyl sites for hydroxylation is 3. The van der Waals surface area contributed by atoms with E-state index >= 15 is 0 Å². The zero-order valence-corrected chi connectivity index (χ0v) is 19.5. The summed E-state index contributed by atoms with van der Waals surface area (Å²) in [4.78, 5) is 7.04. The molecule has 1 aliphatic rings. The molecule has 33 heavy (non-hydrogen) atoms. The zero-order valence-electron chi connectivity index (χ0n) is 19.5. The van der Waals surface area contributed by atoms with Gasteiger partial charge < -0.3 is 4.90 Å². The fourth-order valence-corrected chi connectivity index (χ4v) is 4.31. The molecule has 0 aliphatic carbocycles. The molecule has 0 spiro atoms. The number of hydrogen-bond donors (Lipinski definition) is 0. The van der Waals surface area contributed by atoms with Crippen LogP contribution >= 0.6 is 0 Å². The Bertz CT molecular complexity index is 1370. The second-order valence-corrected chi connectivity index (χ2v) is 8.62. The minimum atomic E-state index is 0.653. The van der Waals surface area contributed by atoms with E-state index < -0.39 is 0 Å². The van der Waals surface area contributed by atoms with Gasteiger partial charge in [-0.3, -0.25) is 0 Å². The van der Waals surface area contributed by atoms with Crippen molar-refractivity contribution in [1.29, 1.82) is 0 Å². The number of benzene rings is 3. The fourth-order valence-electron chi connectivity index (χ4n) is 4.31. The van der Waals surface area contributed by atoms with Gasteiger partial charge >= 0.3 is 0 Å². The van der Waals surface area contributed by atoms with E-state index in [-0.39, 0.29) is 0 Å². The van der Waals surface area contributed by atoms with Crippen LogP contribution in [0.25, 0.3) is 11.4 Å². The van der Waals surface area contributed by atoms with Crippen molar-refractivity contribution < 1.29 is 0 Å². The first kappa shape index (κ1) is 20.8. The molecule has 6 heteroatoms. The standard InChI is InChI=1S/C27H26N6/c1-17-15-18(2)23(19(3)16-17)26-29-30-27-25(28-21-11-13-22(14-12-21)32(4)5)24(31-33(26)27)20-9-7-6-8-10-20/h6-16H,1-5H3. The number of hydrogen-bond acceptors (Lipinski definition) is 5. The molecule has 1 aliphatic heterocycles. The maximum atomic E-state index is 4.97. The third kappa shape index (κ3) is 3.74. The van der Waals surface area contributed by atoms with Gasteiger partial charge in [-0.1, -0.05) is 48.0 Å². The van der Waals surface area contributed by atoms with Crippen LogP contribution in [0.2, 0.25) is 0 Å². The maximum absolute atomic E-state index is 4.97. The molecule has 0 N–H and O–H groups in total. The molecule has 5 rings (SSSR count). The third-order valence-electron chi connectivity index (χ3n) is 5.83. The highest BCUT2D eigenvalue weighted by molar-refractivity contribution is 6.54. The molecule has 0 atom stereocenters. The Balaban J connectivity index is 1.68. The SMILES string of the molecule is Cc1cc(C)c(-c2nnc3n2N=C(c2ccccc2)C3=Nc2ccc(N(C)C)cc2)c(C)c1. The molecular formula is C27H26N6. The second-order valence-electron chi connectivity index (χ2n) is 8.62. The molecule has 164 valence electrons. The van der Waals surface area contributed by atoms with Gasteiger partial charge in [0.05, 0.1) is 5.69 Å². The molecule has 0 amide bonds. The summed E-state index contributed by atoms with van der Waals surface area (Å²) in [5.74, 6) is 1.39. The van der Waals surface area contributed by atoms with Gasteiger partial charge in [-0.15, -0.1) is 10.2 Å². The lowest BCUT2D eigenvalue weighted by Gasteiger charge is -2.11. The van der Waals surface area contributed by atoms with Crippen LogP contribution in [0.5, 0.6) is 0 Å². The Kier molecular flexibility index (Phi) is 5.13. The van der Waals surface area contributed by atoms with Crippen LogP contribution in [0, 0.1) is 20.8 Å². The van der Waals surface area contributed by atoms with Crippen LogP contribution in [-0.4, -0.2) is 40.4 Å². The lowest BCUT2D eigenvalue weighted by Crippen LogP contribution is -2.13. The van der Waals surface area contributed by atoms with Gasteiger partial charge in [-0.2, -0.15) is 9.78 Å². The Morgan fingerprint density at radius 3 is 2.06 bits per heavy atom. The Labute approximate surface area is 193 Å². The minimum Gasteiger partial charge on any atom is -0.378 e. The predicted molar refractivity (Wildman–Crippen MR) is 135 cm³/mol. The van der Waals surface area contributed by atoms with Crippen molar-refractivity contribution in [2.45, 2.75) is 20.8 Å². The van der Waals surface area contributed by atoms with E-state index in [9.17, 15) is 0 Å². The van der Waals surface area contributed by atoms with Crippen molar-refractivity contribution >= 4 is 22.8 Å². The lowest BCUT2D eigenvalue weighted by molar-refractivity contribution is 0.888. The van der Waals surface area contributed by atoms with Gasteiger partial charge in [0.1, 0.15) is 11.4 Å². The molecule has 0 fully saturated rings. The lowest BCUT2D eigenvalue weighted by atomic mass is 9.99. The summed E-state index contributed by atoms with van der Waals surface area (Å²) in [6.45, 7) is 6.32. The van der Waals surface area contributed by atoms with Crippen molar-refractivity contribution in [3.8, 4) is 11.4 Å². The summed E-state index contributed by atoms with van der Waals surface area (Å²) >= 11 is 0. The molecule has 4 aromatic rings. The number of rotatable bonds is 4. The van der Waals surface area contributed by atoms with Crippen LogP contribution in [0.15, 0.2) is 76.8 Å². The van der Waals surface area contributed by atoms with Gasteiger partial charge in [-0.25, -0.2) is 4.99 Å². The van der Waals surface area contributed by atoms with E-state index in [1.807, 2.05) is 61.2 Å². The van der Waals surface area contributed by atoms with E-state index in [0.29, 0.717) is 5.82 Å². The van der Waals surface area contributed by atoms with Crippen LogP contribution in [0.4, 0.5) is 11.4 Å². The molecule has 0 bridgehead atoms. The zero-order chi connectivity index (χ0) is 23.1. The summed E-state index contributed by atoms with van der Waals surface area (Å²) in [5, 5.41) is 14.0. The second kappa shape index (κ2) is 8.13. The fraction of sp³-hybridized carbons (Fsp3) is 0.185. The number of fused-ring (bicyclic) bond motifs is 1. The molecule has 0 saturated heterocycles. The van der Waals surface area contributed by atoms with Crippen molar-refractivity contribution in [1.82, 2.24) is 14.9 Å². The molecule has 0 radical (unpaired) electrons. The van der Waals surface area contributed by atoms with E-state index in [2.05, 4.69) is 60.1 Å². The smallest absolute Gasteiger partial charge is 0.206 e. The van der Waals surface area contributed by atoms with Crippen LogP contribution in [0.1, 0.15) is 28.1 Å². The van der Waals surface area contributed by atoms with Crippen LogP contribution < -0.4 is 4.90 Å². The molecule has 0 saturated carbocycles. The van der Waals surface area contributed by atoms with Crippen molar-refractivity contribution in [3.63, 3.8) is 0 Å². The highest BCUT2D eigenvalue weighted by Gasteiger charge is 2.30. The Morgan fingerprint density at radius 2 is 1.42 bits per heavy atom.